The van der Waals surface area contributed by atoms with Crippen LogP contribution >= 0.6 is 15.9 Å². The van der Waals surface area contributed by atoms with E-state index in [0.717, 1.165) is 31.7 Å². The highest BCUT2D eigenvalue weighted by Crippen LogP contribution is 2.27. The number of aryl methyl sites for hydroxylation is 2. The summed E-state index contributed by atoms with van der Waals surface area (Å²) in [5.41, 5.74) is 2.80. The number of likely N-dealkylation sites (N-methyl/N-ethyl adjacent to an activating group) is 1. The van der Waals surface area contributed by atoms with Crippen LogP contribution in [0.3, 0.4) is 0 Å². The number of hydrogen-bond acceptors (Lipinski definition) is 4. The number of anilines is 1. The van der Waals surface area contributed by atoms with Crippen molar-refractivity contribution in [3.05, 3.63) is 63.6 Å². The predicted octanol–water partition coefficient (Wildman–Crippen LogP) is 3.00. The summed E-state index contributed by atoms with van der Waals surface area (Å²) < 4.78 is 27.3. The molecule has 0 fully saturated rings. The number of halogens is 1. The summed E-state index contributed by atoms with van der Waals surface area (Å²) in [5, 5.41) is 2.56. The fraction of sp³-hybridized carbons (Fsp3) is 0.364. The molecule has 0 aliphatic carbocycles. The van der Waals surface area contributed by atoms with Crippen molar-refractivity contribution in [3.8, 4) is 0 Å². The van der Waals surface area contributed by atoms with Gasteiger partial charge in [0.2, 0.25) is 21.8 Å². The molecule has 2 aromatic carbocycles. The lowest BCUT2D eigenvalue weighted by Gasteiger charge is -2.32. The van der Waals surface area contributed by atoms with E-state index in [1.165, 1.54) is 11.9 Å². The molecule has 0 saturated carbocycles. The molecule has 2 aromatic rings. The largest absolute Gasteiger partial charge is 0.357 e. The van der Waals surface area contributed by atoms with Crippen molar-refractivity contribution < 1.29 is 18.0 Å². The minimum atomic E-state index is -3.74. The highest BCUT2D eigenvalue weighted by molar-refractivity contribution is 9.10. The zero-order valence-corrected chi connectivity index (χ0v) is 20.7. The highest BCUT2D eigenvalue weighted by atomic mass is 79.9. The van der Waals surface area contributed by atoms with Gasteiger partial charge in [0.25, 0.3) is 0 Å². The normalized spacial score (nSPS) is 12.2. The molecule has 0 aliphatic rings. The van der Waals surface area contributed by atoms with Gasteiger partial charge in [-0.2, -0.15) is 0 Å². The third kappa shape index (κ3) is 6.30. The summed E-state index contributed by atoms with van der Waals surface area (Å²) >= 11 is 3.38. The number of carbonyl (C=O) groups is 2. The van der Waals surface area contributed by atoms with Crippen LogP contribution in [-0.4, -0.2) is 51.0 Å². The summed E-state index contributed by atoms with van der Waals surface area (Å²) in [6.45, 7) is 5.00. The summed E-state index contributed by atoms with van der Waals surface area (Å²) in [6, 6.07) is 12.1. The molecule has 31 heavy (non-hydrogen) atoms. The summed E-state index contributed by atoms with van der Waals surface area (Å²) in [7, 11) is -2.24. The number of benzene rings is 2. The molecule has 7 nitrogen and oxygen atoms in total. The Kier molecular flexibility index (Phi) is 8.25. The van der Waals surface area contributed by atoms with Gasteiger partial charge in [0.1, 0.15) is 12.6 Å². The topological polar surface area (TPSA) is 86.8 Å². The van der Waals surface area contributed by atoms with Crippen molar-refractivity contribution in [1.82, 2.24) is 10.2 Å². The molecule has 1 N–H and O–H groups in total. The van der Waals surface area contributed by atoms with Gasteiger partial charge in [0.05, 0.1) is 11.9 Å². The number of rotatable bonds is 8. The van der Waals surface area contributed by atoms with Crippen LogP contribution in [0.5, 0.6) is 0 Å². The Hall–Kier alpha value is -2.39. The molecule has 0 bridgehead atoms. The summed E-state index contributed by atoms with van der Waals surface area (Å²) in [5.74, 6) is -0.796. The Morgan fingerprint density at radius 3 is 2.10 bits per heavy atom. The average molecular weight is 510 g/mol. The van der Waals surface area contributed by atoms with Gasteiger partial charge in [-0.3, -0.25) is 13.9 Å². The van der Waals surface area contributed by atoms with Crippen molar-refractivity contribution in [2.45, 2.75) is 33.4 Å². The lowest BCUT2D eigenvalue weighted by Crippen LogP contribution is -2.50. The van der Waals surface area contributed by atoms with E-state index in [0.29, 0.717) is 5.69 Å². The van der Waals surface area contributed by atoms with Gasteiger partial charge in [-0.15, -0.1) is 0 Å². The van der Waals surface area contributed by atoms with Crippen LogP contribution in [0.25, 0.3) is 0 Å². The van der Waals surface area contributed by atoms with E-state index < -0.39 is 28.5 Å². The van der Waals surface area contributed by atoms with Gasteiger partial charge in [0, 0.05) is 18.1 Å². The Bertz CT molecular complexity index is 1030. The molecular formula is C22H28BrN3O4S. The van der Waals surface area contributed by atoms with Crippen LogP contribution in [0.1, 0.15) is 23.6 Å². The zero-order chi connectivity index (χ0) is 23.3. The second kappa shape index (κ2) is 10.3. The van der Waals surface area contributed by atoms with Crippen molar-refractivity contribution in [1.29, 1.82) is 0 Å². The fourth-order valence-electron chi connectivity index (χ4n) is 3.35. The molecule has 0 aromatic heterocycles. The highest BCUT2D eigenvalue weighted by Gasteiger charge is 2.30. The molecule has 0 radical (unpaired) electrons. The standard InChI is InChI=1S/C22H28BrN3O4S/c1-15-7-6-8-16(2)21(15)26(31(5,29)30)14-20(27)25(17(3)22(28)24-4)13-18-9-11-19(23)12-10-18/h6-12,17H,13-14H2,1-5H3,(H,24,28)/t17-/m0/s1. The maximum Gasteiger partial charge on any atom is 0.244 e. The van der Waals surface area contributed by atoms with Gasteiger partial charge in [-0.05, 0) is 49.6 Å². The Morgan fingerprint density at radius 2 is 1.61 bits per heavy atom. The summed E-state index contributed by atoms with van der Waals surface area (Å²) in [4.78, 5) is 27.1. The molecule has 0 spiro atoms. The molecule has 9 heteroatoms. The molecule has 168 valence electrons. The first-order valence-corrected chi connectivity index (χ1v) is 12.4. The van der Waals surface area contributed by atoms with E-state index in [1.807, 2.05) is 30.3 Å². The Labute approximate surface area is 192 Å². The van der Waals surface area contributed by atoms with E-state index in [4.69, 9.17) is 0 Å². The van der Waals surface area contributed by atoms with Crippen molar-refractivity contribution in [2.75, 3.05) is 24.2 Å². The van der Waals surface area contributed by atoms with Crippen LogP contribution in [0.2, 0.25) is 0 Å². The van der Waals surface area contributed by atoms with Crippen molar-refractivity contribution in [2.24, 2.45) is 0 Å². The molecule has 1 atom stereocenters. The number of sulfonamides is 1. The monoisotopic (exact) mass is 509 g/mol. The second-order valence-electron chi connectivity index (χ2n) is 7.45. The molecular weight excluding hydrogens is 482 g/mol. The number of nitrogens with zero attached hydrogens (tertiary/aromatic N) is 2. The molecule has 2 rings (SSSR count). The van der Waals surface area contributed by atoms with Crippen LogP contribution in [0, 0.1) is 13.8 Å². The number of para-hydroxylation sites is 1. The first-order chi connectivity index (χ1) is 14.5. The number of nitrogens with one attached hydrogen (secondary N) is 1. The maximum atomic E-state index is 13.4. The summed E-state index contributed by atoms with van der Waals surface area (Å²) in [6.07, 6.45) is 1.08. The second-order valence-corrected chi connectivity index (χ2v) is 10.3. The fourth-order valence-corrected chi connectivity index (χ4v) is 4.58. The molecule has 0 heterocycles. The predicted molar refractivity (Wildman–Crippen MR) is 126 cm³/mol. The van der Waals surface area contributed by atoms with Crippen molar-refractivity contribution >= 4 is 43.5 Å². The average Bonchev–Trinajstić information content (AvgIpc) is 2.70. The van der Waals surface area contributed by atoms with Gasteiger partial charge in [-0.1, -0.05) is 46.3 Å². The van der Waals surface area contributed by atoms with Crippen LogP contribution in [-0.2, 0) is 26.2 Å². The van der Waals surface area contributed by atoms with Gasteiger partial charge >= 0.3 is 0 Å². The van der Waals surface area contributed by atoms with Gasteiger partial charge in [0.15, 0.2) is 0 Å². The maximum absolute atomic E-state index is 13.4. The molecule has 0 aliphatic heterocycles. The Balaban J connectivity index is 2.43. The molecule has 2 amide bonds. The minimum absolute atomic E-state index is 0.172. The van der Waals surface area contributed by atoms with Crippen LogP contribution in [0.15, 0.2) is 46.9 Å². The minimum Gasteiger partial charge on any atom is -0.357 e. The van der Waals surface area contributed by atoms with Crippen LogP contribution < -0.4 is 9.62 Å². The zero-order valence-electron chi connectivity index (χ0n) is 18.3. The lowest BCUT2D eigenvalue weighted by molar-refractivity contribution is -0.139. The number of amides is 2. The SMILES string of the molecule is CNC(=O)[C@H](C)N(Cc1ccc(Br)cc1)C(=O)CN(c1c(C)cccc1C)S(C)(=O)=O. The first kappa shape index (κ1) is 24.9. The van der Waals surface area contributed by atoms with E-state index in [2.05, 4.69) is 21.2 Å². The number of hydrogen-bond donors (Lipinski definition) is 1. The molecule has 0 saturated heterocycles. The van der Waals surface area contributed by atoms with Gasteiger partial charge in [-0.25, -0.2) is 8.42 Å². The quantitative estimate of drug-likeness (QED) is 0.592. The molecule has 0 unspecified atom stereocenters. The van der Waals surface area contributed by atoms with E-state index in [9.17, 15) is 18.0 Å². The van der Waals surface area contributed by atoms with Gasteiger partial charge < -0.3 is 10.2 Å². The smallest absolute Gasteiger partial charge is 0.244 e. The lowest BCUT2D eigenvalue weighted by atomic mass is 10.1. The first-order valence-electron chi connectivity index (χ1n) is 9.75. The van der Waals surface area contributed by atoms with Crippen molar-refractivity contribution in [3.63, 3.8) is 0 Å². The van der Waals surface area contributed by atoms with E-state index >= 15 is 0 Å². The van der Waals surface area contributed by atoms with E-state index in [1.54, 1.807) is 32.9 Å². The number of carbonyl (C=O) groups excluding carboxylic acids is 2. The van der Waals surface area contributed by atoms with E-state index in [-0.39, 0.29) is 12.5 Å². The Morgan fingerprint density at radius 1 is 1.06 bits per heavy atom. The van der Waals surface area contributed by atoms with Crippen LogP contribution in [0.4, 0.5) is 5.69 Å². The third-order valence-corrected chi connectivity index (χ3v) is 6.69. The third-order valence-electron chi connectivity index (χ3n) is 5.05.